The molecular formula is C23H27NO3. The average molecular weight is 365 g/mol. The normalized spacial score (nSPS) is 19.3. The predicted molar refractivity (Wildman–Crippen MR) is 107 cm³/mol. The number of carbonyl (C=O) groups excluding carboxylic acids is 2. The number of aliphatic hydroxyl groups is 1. The Bertz CT molecular complexity index is 864. The molecule has 1 aliphatic rings. The minimum absolute atomic E-state index is 0.000785. The van der Waals surface area contributed by atoms with Gasteiger partial charge < -0.3 is 10.0 Å². The number of hydrogen-bond acceptors (Lipinski definition) is 3. The first-order valence-corrected chi connectivity index (χ1v) is 9.46. The van der Waals surface area contributed by atoms with Crippen LogP contribution in [0.1, 0.15) is 62.0 Å². The molecule has 142 valence electrons. The quantitative estimate of drug-likeness (QED) is 0.808. The highest BCUT2D eigenvalue weighted by molar-refractivity contribution is 6.10. The van der Waals surface area contributed by atoms with Gasteiger partial charge in [-0.3, -0.25) is 9.59 Å². The highest BCUT2D eigenvalue weighted by Gasteiger charge is 2.50. The molecule has 4 heteroatoms. The molecule has 0 radical (unpaired) electrons. The largest absolute Gasteiger partial charge is 0.375 e. The van der Waals surface area contributed by atoms with E-state index < -0.39 is 11.5 Å². The summed E-state index contributed by atoms with van der Waals surface area (Å²) in [5.41, 5.74) is 1.06. The van der Waals surface area contributed by atoms with Gasteiger partial charge in [0.2, 0.25) is 0 Å². The van der Waals surface area contributed by atoms with Crippen molar-refractivity contribution >= 4 is 17.4 Å². The maximum absolute atomic E-state index is 13.0. The van der Waals surface area contributed by atoms with Crippen LogP contribution in [0.2, 0.25) is 0 Å². The topological polar surface area (TPSA) is 57.6 Å². The number of nitrogens with zero attached hydrogens (tertiary/aromatic N) is 1. The van der Waals surface area contributed by atoms with Crippen molar-refractivity contribution in [2.45, 2.75) is 51.6 Å². The summed E-state index contributed by atoms with van der Waals surface area (Å²) in [6.07, 6.45) is 0.524. The molecule has 2 aromatic carbocycles. The minimum Gasteiger partial charge on any atom is -0.375 e. The second kappa shape index (κ2) is 6.93. The summed E-state index contributed by atoms with van der Waals surface area (Å²) in [4.78, 5) is 27.4. The van der Waals surface area contributed by atoms with E-state index in [2.05, 4.69) is 20.8 Å². The second-order valence-electron chi connectivity index (χ2n) is 8.26. The van der Waals surface area contributed by atoms with Crippen LogP contribution >= 0.6 is 0 Å². The monoisotopic (exact) mass is 365 g/mol. The molecule has 0 spiro atoms. The third kappa shape index (κ3) is 3.42. The van der Waals surface area contributed by atoms with Crippen LogP contribution in [0.15, 0.2) is 48.5 Å². The average Bonchev–Trinajstić information content (AvgIpc) is 2.84. The van der Waals surface area contributed by atoms with Gasteiger partial charge in [0.1, 0.15) is 0 Å². The van der Waals surface area contributed by atoms with Crippen LogP contribution in [-0.2, 0) is 15.8 Å². The van der Waals surface area contributed by atoms with Crippen molar-refractivity contribution in [3.63, 3.8) is 0 Å². The molecule has 0 saturated carbocycles. The number of amides is 1. The number of anilines is 1. The fourth-order valence-corrected chi connectivity index (χ4v) is 3.61. The SMILES string of the molecule is CCCN1C(=O)[C@](O)(CC(=O)c2ccc(C(C)(C)C)cc2)c2ccccc21. The number of benzene rings is 2. The standard InChI is InChI=1S/C23H27NO3/c1-5-14-24-19-9-7-6-8-18(19)23(27,21(24)26)15-20(25)16-10-12-17(13-11-16)22(2,3)4/h6-13,27H,5,14-15H2,1-4H3/t23-/m0/s1. The van der Waals surface area contributed by atoms with Gasteiger partial charge in [-0.05, 0) is 23.5 Å². The van der Waals surface area contributed by atoms with E-state index in [4.69, 9.17) is 0 Å². The molecule has 1 N–H and O–H groups in total. The maximum atomic E-state index is 13.0. The maximum Gasteiger partial charge on any atom is 0.264 e. The molecule has 3 rings (SSSR count). The lowest BCUT2D eigenvalue weighted by Crippen LogP contribution is -2.42. The van der Waals surface area contributed by atoms with Crippen LogP contribution in [-0.4, -0.2) is 23.3 Å². The van der Waals surface area contributed by atoms with E-state index in [1.807, 2.05) is 31.2 Å². The summed E-state index contributed by atoms with van der Waals surface area (Å²) in [6, 6.07) is 14.6. The van der Waals surface area contributed by atoms with E-state index in [-0.39, 0.29) is 17.6 Å². The van der Waals surface area contributed by atoms with Crippen LogP contribution in [0.4, 0.5) is 5.69 Å². The molecule has 1 heterocycles. The predicted octanol–water partition coefficient (Wildman–Crippen LogP) is 4.20. The number of ketones is 1. The van der Waals surface area contributed by atoms with Crippen molar-refractivity contribution in [2.75, 3.05) is 11.4 Å². The molecule has 1 aliphatic heterocycles. The summed E-state index contributed by atoms with van der Waals surface area (Å²) >= 11 is 0. The number of carbonyl (C=O) groups is 2. The van der Waals surface area contributed by atoms with Crippen LogP contribution in [0, 0.1) is 0 Å². The number of para-hydroxylation sites is 1. The summed E-state index contributed by atoms with van der Waals surface area (Å²) in [5, 5.41) is 11.2. The van der Waals surface area contributed by atoms with Crippen molar-refractivity contribution in [1.82, 2.24) is 0 Å². The van der Waals surface area contributed by atoms with E-state index in [0.29, 0.717) is 23.4 Å². The Balaban J connectivity index is 1.90. The smallest absolute Gasteiger partial charge is 0.264 e. The molecule has 0 bridgehead atoms. The third-order valence-corrected chi connectivity index (χ3v) is 5.18. The Morgan fingerprint density at radius 2 is 1.70 bits per heavy atom. The number of Topliss-reactive ketones (excluding diaryl/α,β-unsaturated/α-hetero) is 1. The van der Waals surface area contributed by atoms with Crippen molar-refractivity contribution in [1.29, 1.82) is 0 Å². The van der Waals surface area contributed by atoms with Gasteiger partial charge in [0.25, 0.3) is 5.91 Å². The van der Waals surface area contributed by atoms with Crippen LogP contribution in [0.5, 0.6) is 0 Å². The van der Waals surface area contributed by atoms with Crippen molar-refractivity contribution in [3.8, 4) is 0 Å². The minimum atomic E-state index is -1.80. The van der Waals surface area contributed by atoms with Crippen molar-refractivity contribution in [3.05, 3.63) is 65.2 Å². The summed E-state index contributed by atoms with van der Waals surface area (Å²) in [5.74, 6) is -0.648. The van der Waals surface area contributed by atoms with E-state index >= 15 is 0 Å². The first-order valence-electron chi connectivity index (χ1n) is 9.46. The number of rotatable bonds is 5. The van der Waals surface area contributed by atoms with Crippen molar-refractivity contribution < 1.29 is 14.7 Å². The van der Waals surface area contributed by atoms with Gasteiger partial charge in [0.15, 0.2) is 11.4 Å². The van der Waals surface area contributed by atoms with Crippen LogP contribution < -0.4 is 4.90 Å². The van der Waals surface area contributed by atoms with Gasteiger partial charge in [-0.1, -0.05) is 70.2 Å². The molecular weight excluding hydrogens is 338 g/mol. The summed E-state index contributed by atoms with van der Waals surface area (Å²) in [7, 11) is 0. The van der Waals surface area contributed by atoms with E-state index in [1.54, 1.807) is 29.2 Å². The molecule has 1 amide bonds. The molecule has 0 fully saturated rings. The molecule has 0 aromatic heterocycles. The third-order valence-electron chi connectivity index (χ3n) is 5.18. The van der Waals surface area contributed by atoms with Gasteiger partial charge in [-0.2, -0.15) is 0 Å². The van der Waals surface area contributed by atoms with E-state index in [1.165, 1.54) is 0 Å². The molecule has 1 atom stereocenters. The van der Waals surface area contributed by atoms with Gasteiger partial charge >= 0.3 is 0 Å². The Morgan fingerprint density at radius 3 is 2.30 bits per heavy atom. The Morgan fingerprint density at radius 1 is 1.07 bits per heavy atom. The molecule has 2 aromatic rings. The van der Waals surface area contributed by atoms with Gasteiger partial charge in [0, 0.05) is 17.7 Å². The van der Waals surface area contributed by atoms with E-state index in [0.717, 1.165) is 12.0 Å². The Hall–Kier alpha value is -2.46. The highest BCUT2D eigenvalue weighted by atomic mass is 16.3. The molecule has 0 saturated heterocycles. The highest BCUT2D eigenvalue weighted by Crippen LogP contribution is 2.42. The molecule has 27 heavy (non-hydrogen) atoms. The van der Waals surface area contributed by atoms with Gasteiger partial charge in [-0.25, -0.2) is 0 Å². The van der Waals surface area contributed by atoms with Crippen LogP contribution in [0.25, 0.3) is 0 Å². The zero-order valence-electron chi connectivity index (χ0n) is 16.5. The first-order chi connectivity index (χ1) is 12.7. The second-order valence-corrected chi connectivity index (χ2v) is 8.26. The van der Waals surface area contributed by atoms with E-state index in [9.17, 15) is 14.7 Å². The van der Waals surface area contributed by atoms with Crippen molar-refractivity contribution in [2.24, 2.45) is 0 Å². The lowest BCUT2D eigenvalue weighted by atomic mass is 9.85. The number of hydrogen-bond donors (Lipinski definition) is 1. The summed E-state index contributed by atoms with van der Waals surface area (Å²) < 4.78 is 0. The molecule has 4 nitrogen and oxygen atoms in total. The lowest BCUT2D eigenvalue weighted by molar-refractivity contribution is -0.135. The first kappa shape index (κ1) is 19.3. The van der Waals surface area contributed by atoms with Crippen LogP contribution in [0.3, 0.4) is 0 Å². The lowest BCUT2D eigenvalue weighted by Gasteiger charge is -2.23. The summed E-state index contributed by atoms with van der Waals surface area (Å²) in [6.45, 7) is 8.84. The number of fused-ring (bicyclic) bond motifs is 1. The fourth-order valence-electron chi connectivity index (χ4n) is 3.61. The van der Waals surface area contributed by atoms with Gasteiger partial charge in [-0.15, -0.1) is 0 Å². The Kier molecular flexibility index (Phi) is 4.96. The fraction of sp³-hybridized carbons (Fsp3) is 0.391. The Labute approximate surface area is 160 Å². The zero-order chi connectivity index (χ0) is 19.8. The molecule has 0 unspecified atom stereocenters. The molecule has 0 aliphatic carbocycles. The zero-order valence-corrected chi connectivity index (χ0v) is 16.5. The van der Waals surface area contributed by atoms with Gasteiger partial charge in [0.05, 0.1) is 12.1 Å².